The fraction of sp³-hybridized carbons (Fsp3) is 0.250. The predicted octanol–water partition coefficient (Wildman–Crippen LogP) is 3.75. The molecule has 8 heteroatoms. The average Bonchev–Trinajstić information content (AvgIpc) is 3.15. The van der Waals surface area contributed by atoms with Gasteiger partial charge in [-0.2, -0.15) is 5.10 Å². The van der Waals surface area contributed by atoms with Crippen molar-refractivity contribution in [2.45, 2.75) is 24.7 Å². The van der Waals surface area contributed by atoms with E-state index in [2.05, 4.69) is 15.1 Å². The summed E-state index contributed by atoms with van der Waals surface area (Å²) in [4.78, 5) is 21.1. The first-order valence-corrected chi connectivity index (χ1v) is 10.4. The third kappa shape index (κ3) is 2.86. The Hall–Kier alpha value is -3.81. The van der Waals surface area contributed by atoms with Gasteiger partial charge < -0.3 is 10.5 Å². The van der Waals surface area contributed by atoms with Crippen molar-refractivity contribution in [3.05, 3.63) is 60.3 Å². The van der Waals surface area contributed by atoms with Crippen molar-refractivity contribution in [3.63, 3.8) is 0 Å². The van der Waals surface area contributed by atoms with Gasteiger partial charge in [-0.1, -0.05) is 36.8 Å². The number of amides is 1. The first-order chi connectivity index (χ1) is 15.5. The number of halogens is 1. The number of hydrogen-bond donors (Lipinski definition) is 1. The molecule has 0 spiro atoms. The average molecular weight is 431 g/mol. The van der Waals surface area contributed by atoms with Gasteiger partial charge in [-0.25, -0.2) is 14.4 Å². The highest BCUT2D eigenvalue weighted by molar-refractivity contribution is 5.99. The molecular formula is C24H22FN5O2. The molecule has 1 amide bonds. The summed E-state index contributed by atoms with van der Waals surface area (Å²) in [5.41, 5.74) is 7.87. The Kier molecular flexibility index (Phi) is 4.65. The van der Waals surface area contributed by atoms with Gasteiger partial charge in [0.05, 0.1) is 29.1 Å². The van der Waals surface area contributed by atoms with Crippen molar-refractivity contribution in [2.24, 2.45) is 12.8 Å². The topological polar surface area (TPSA) is 95.9 Å². The third-order valence-corrected chi connectivity index (χ3v) is 6.34. The van der Waals surface area contributed by atoms with E-state index in [1.807, 2.05) is 30.3 Å². The summed E-state index contributed by atoms with van der Waals surface area (Å²) in [7, 11) is 3.26. The molecule has 0 radical (unpaired) electrons. The molecule has 4 aromatic rings. The maximum absolute atomic E-state index is 16.3. The first kappa shape index (κ1) is 20.1. The molecular weight excluding hydrogens is 409 g/mol. The highest BCUT2D eigenvalue weighted by Crippen LogP contribution is 2.50. The zero-order valence-corrected chi connectivity index (χ0v) is 17.8. The Morgan fingerprint density at radius 3 is 2.56 bits per heavy atom. The van der Waals surface area contributed by atoms with Crippen LogP contribution < -0.4 is 10.5 Å². The number of nitrogens with two attached hydrogens (primary N) is 1. The molecule has 0 saturated heterocycles. The van der Waals surface area contributed by atoms with Crippen molar-refractivity contribution in [2.75, 3.05) is 7.11 Å². The molecule has 32 heavy (non-hydrogen) atoms. The highest BCUT2D eigenvalue weighted by atomic mass is 19.1. The predicted molar refractivity (Wildman–Crippen MR) is 118 cm³/mol. The van der Waals surface area contributed by atoms with Gasteiger partial charge in [-0.15, -0.1) is 0 Å². The second-order valence-corrected chi connectivity index (χ2v) is 8.12. The molecule has 1 aliphatic rings. The molecule has 2 heterocycles. The number of fused-ring (bicyclic) bond motifs is 1. The standard InChI is InChI=1S/C24H22FN5O2/c1-30-12-15(21(29-30)14-7-4-3-5-8-14)22-18-16(27-13-28-22)11-17(32-2)19(20(18)25)24(23(26)31)9-6-10-24/h3-5,7-8,11-13H,6,9-10H2,1-2H3,(H2,26,31). The second-order valence-electron chi connectivity index (χ2n) is 8.12. The lowest BCUT2D eigenvalue weighted by Gasteiger charge is -2.40. The first-order valence-electron chi connectivity index (χ1n) is 10.4. The SMILES string of the molecule is COc1cc2ncnc(-c3cn(C)nc3-c3ccccc3)c2c(F)c1C1(C(N)=O)CCC1. The normalized spacial score (nSPS) is 14.8. The summed E-state index contributed by atoms with van der Waals surface area (Å²) in [6.45, 7) is 0. The summed E-state index contributed by atoms with van der Waals surface area (Å²) in [6, 6.07) is 11.3. The molecule has 2 N–H and O–H groups in total. The van der Waals surface area contributed by atoms with Crippen molar-refractivity contribution in [1.29, 1.82) is 0 Å². The van der Waals surface area contributed by atoms with Crippen LogP contribution in [-0.4, -0.2) is 32.8 Å². The van der Waals surface area contributed by atoms with Gasteiger partial charge >= 0.3 is 0 Å². The number of hydrogen-bond acceptors (Lipinski definition) is 5. The Morgan fingerprint density at radius 1 is 1.19 bits per heavy atom. The van der Waals surface area contributed by atoms with E-state index in [9.17, 15) is 4.79 Å². The van der Waals surface area contributed by atoms with Crippen LogP contribution in [0.3, 0.4) is 0 Å². The maximum atomic E-state index is 16.3. The quantitative estimate of drug-likeness (QED) is 0.519. The van der Waals surface area contributed by atoms with Gasteiger partial charge in [0.2, 0.25) is 5.91 Å². The molecule has 0 bridgehead atoms. The summed E-state index contributed by atoms with van der Waals surface area (Å²) in [6.07, 6.45) is 4.95. The Labute approximate surface area is 184 Å². The van der Waals surface area contributed by atoms with Crippen LogP contribution in [0.15, 0.2) is 48.9 Å². The minimum absolute atomic E-state index is 0.187. The Bertz CT molecular complexity index is 1350. The highest BCUT2D eigenvalue weighted by Gasteiger charge is 2.48. The Morgan fingerprint density at radius 2 is 1.94 bits per heavy atom. The number of methoxy groups -OCH3 is 1. The number of aromatic nitrogens is 4. The van der Waals surface area contributed by atoms with E-state index in [1.54, 1.807) is 24.0 Å². The number of nitrogens with zero attached hydrogens (tertiary/aromatic N) is 4. The molecule has 5 rings (SSSR count). The van der Waals surface area contributed by atoms with Gasteiger partial charge in [0.1, 0.15) is 23.6 Å². The molecule has 0 aliphatic heterocycles. The monoisotopic (exact) mass is 431 g/mol. The molecule has 162 valence electrons. The van der Waals surface area contributed by atoms with Crippen molar-refractivity contribution >= 4 is 16.8 Å². The summed E-state index contributed by atoms with van der Waals surface area (Å²) < 4.78 is 23.4. The number of benzene rings is 2. The van der Waals surface area contributed by atoms with E-state index in [0.717, 1.165) is 12.0 Å². The van der Waals surface area contributed by atoms with Crippen molar-refractivity contribution < 1.29 is 13.9 Å². The van der Waals surface area contributed by atoms with E-state index in [-0.39, 0.29) is 16.7 Å². The number of primary amides is 1. The summed E-state index contributed by atoms with van der Waals surface area (Å²) >= 11 is 0. The Balaban J connectivity index is 1.83. The molecule has 2 aromatic carbocycles. The number of carbonyl (C=O) groups excluding carboxylic acids is 1. The van der Waals surface area contributed by atoms with Crippen LogP contribution in [0.2, 0.25) is 0 Å². The minimum Gasteiger partial charge on any atom is -0.496 e. The number of rotatable bonds is 5. The van der Waals surface area contributed by atoms with E-state index in [1.165, 1.54) is 13.4 Å². The largest absolute Gasteiger partial charge is 0.496 e. The van der Waals surface area contributed by atoms with E-state index < -0.39 is 17.1 Å². The van der Waals surface area contributed by atoms with Crippen LogP contribution in [0.25, 0.3) is 33.4 Å². The third-order valence-electron chi connectivity index (χ3n) is 6.34. The number of ether oxygens (including phenoxy) is 1. The van der Waals surface area contributed by atoms with E-state index in [0.29, 0.717) is 35.3 Å². The van der Waals surface area contributed by atoms with Crippen LogP contribution in [0, 0.1) is 5.82 Å². The summed E-state index contributed by atoms with van der Waals surface area (Å²) in [5, 5.41) is 4.81. The van der Waals surface area contributed by atoms with Crippen molar-refractivity contribution in [3.8, 4) is 28.3 Å². The van der Waals surface area contributed by atoms with Gasteiger partial charge in [-0.05, 0) is 12.8 Å². The van der Waals surface area contributed by atoms with Gasteiger partial charge in [0, 0.05) is 36.0 Å². The van der Waals surface area contributed by atoms with E-state index >= 15 is 4.39 Å². The smallest absolute Gasteiger partial charge is 0.228 e. The lowest BCUT2D eigenvalue weighted by atomic mass is 9.63. The minimum atomic E-state index is -1.09. The van der Waals surface area contributed by atoms with Crippen LogP contribution in [-0.2, 0) is 17.3 Å². The van der Waals surface area contributed by atoms with Crippen LogP contribution in [0.1, 0.15) is 24.8 Å². The van der Waals surface area contributed by atoms with Gasteiger partial charge in [0.15, 0.2) is 0 Å². The molecule has 1 aliphatic carbocycles. The summed E-state index contributed by atoms with van der Waals surface area (Å²) in [5.74, 6) is -0.853. The number of aryl methyl sites for hydroxylation is 1. The zero-order chi connectivity index (χ0) is 22.5. The lowest BCUT2D eigenvalue weighted by Crippen LogP contribution is -2.47. The van der Waals surface area contributed by atoms with E-state index in [4.69, 9.17) is 10.5 Å². The fourth-order valence-corrected chi connectivity index (χ4v) is 4.59. The van der Waals surface area contributed by atoms with Gasteiger partial charge in [0.25, 0.3) is 0 Å². The zero-order valence-electron chi connectivity index (χ0n) is 17.8. The van der Waals surface area contributed by atoms with Crippen LogP contribution in [0.5, 0.6) is 5.75 Å². The fourth-order valence-electron chi connectivity index (χ4n) is 4.59. The van der Waals surface area contributed by atoms with Gasteiger partial charge in [-0.3, -0.25) is 9.48 Å². The molecule has 7 nitrogen and oxygen atoms in total. The van der Waals surface area contributed by atoms with Crippen LogP contribution in [0.4, 0.5) is 4.39 Å². The van der Waals surface area contributed by atoms with Crippen LogP contribution >= 0.6 is 0 Å². The second kappa shape index (κ2) is 7.40. The molecule has 1 fully saturated rings. The molecule has 2 aromatic heterocycles. The van der Waals surface area contributed by atoms with Crippen molar-refractivity contribution in [1.82, 2.24) is 19.7 Å². The number of carbonyl (C=O) groups is 1. The molecule has 1 saturated carbocycles. The lowest BCUT2D eigenvalue weighted by molar-refractivity contribution is -0.126. The molecule has 0 unspecified atom stereocenters. The maximum Gasteiger partial charge on any atom is 0.228 e. The molecule has 0 atom stereocenters.